The topological polar surface area (TPSA) is 53.1 Å². The molecular formula is C20H27N5S. The Morgan fingerprint density at radius 1 is 1.15 bits per heavy atom. The van der Waals surface area contributed by atoms with Crippen LogP contribution in [-0.4, -0.2) is 28.2 Å². The van der Waals surface area contributed by atoms with E-state index in [2.05, 4.69) is 63.6 Å². The number of thiocarbonyl (C=S) groups is 1. The quantitative estimate of drug-likeness (QED) is 0.799. The van der Waals surface area contributed by atoms with Crippen LogP contribution in [-0.2, 0) is 6.54 Å². The summed E-state index contributed by atoms with van der Waals surface area (Å²) in [4.78, 5) is 11.5. The molecule has 1 fully saturated rings. The number of aromatic nitrogens is 2. The highest BCUT2D eigenvalue weighted by Crippen LogP contribution is 2.22. The predicted molar refractivity (Wildman–Crippen MR) is 112 cm³/mol. The van der Waals surface area contributed by atoms with Crippen molar-refractivity contribution in [2.75, 3.05) is 23.3 Å². The summed E-state index contributed by atoms with van der Waals surface area (Å²) >= 11 is 5.40. The second-order valence-electron chi connectivity index (χ2n) is 7.15. The van der Waals surface area contributed by atoms with Gasteiger partial charge in [-0.25, -0.2) is 4.98 Å². The van der Waals surface area contributed by atoms with Crippen LogP contribution < -0.4 is 15.5 Å². The van der Waals surface area contributed by atoms with E-state index in [4.69, 9.17) is 12.2 Å². The SMILES string of the molecule is Cc1ccc(CNC(=S)Nc2nc(C)cc(N3CCC(C)CC3)n2)cc1. The van der Waals surface area contributed by atoms with E-state index in [1.165, 1.54) is 24.0 Å². The Labute approximate surface area is 161 Å². The second-order valence-corrected chi connectivity index (χ2v) is 7.56. The summed E-state index contributed by atoms with van der Waals surface area (Å²) in [7, 11) is 0. The first-order valence-electron chi connectivity index (χ1n) is 9.20. The molecule has 2 aromatic rings. The number of hydrogen-bond donors (Lipinski definition) is 2. The Bertz CT molecular complexity index is 751. The van der Waals surface area contributed by atoms with Gasteiger partial charge >= 0.3 is 0 Å². The van der Waals surface area contributed by atoms with Crippen molar-refractivity contribution in [3.05, 3.63) is 47.2 Å². The molecule has 1 aromatic heterocycles. The number of hydrogen-bond acceptors (Lipinski definition) is 4. The third kappa shape index (κ3) is 5.14. The van der Waals surface area contributed by atoms with Gasteiger partial charge in [0.1, 0.15) is 5.82 Å². The molecule has 1 aliphatic rings. The first-order chi connectivity index (χ1) is 12.5. The summed E-state index contributed by atoms with van der Waals surface area (Å²) in [6.07, 6.45) is 2.42. The highest BCUT2D eigenvalue weighted by molar-refractivity contribution is 7.80. The summed E-state index contributed by atoms with van der Waals surface area (Å²) in [5, 5.41) is 6.88. The number of anilines is 2. The van der Waals surface area contributed by atoms with E-state index in [1.54, 1.807) is 0 Å². The van der Waals surface area contributed by atoms with Crippen LogP contribution in [0.2, 0.25) is 0 Å². The minimum absolute atomic E-state index is 0.536. The molecule has 0 amide bonds. The lowest BCUT2D eigenvalue weighted by atomic mass is 9.99. The molecule has 5 nitrogen and oxygen atoms in total. The molecule has 0 bridgehead atoms. The second kappa shape index (κ2) is 8.45. The van der Waals surface area contributed by atoms with E-state index in [-0.39, 0.29) is 0 Å². The Kier molecular flexibility index (Phi) is 6.04. The Balaban J connectivity index is 1.60. The third-order valence-corrected chi connectivity index (χ3v) is 4.99. The average molecular weight is 370 g/mol. The van der Waals surface area contributed by atoms with E-state index >= 15 is 0 Å². The monoisotopic (exact) mass is 369 g/mol. The van der Waals surface area contributed by atoms with Gasteiger partial charge in [0.15, 0.2) is 5.11 Å². The molecule has 2 N–H and O–H groups in total. The van der Waals surface area contributed by atoms with Crippen LogP contribution in [0.15, 0.2) is 30.3 Å². The highest BCUT2D eigenvalue weighted by Gasteiger charge is 2.18. The van der Waals surface area contributed by atoms with Crippen molar-refractivity contribution in [3.8, 4) is 0 Å². The van der Waals surface area contributed by atoms with Crippen molar-refractivity contribution >= 4 is 29.1 Å². The maximum atomic E-state index is 5.40. The number of benzene rings is 1. The van der Waals surface area contributed by atoms with Gasteiger partial charge in [0.25, 0.3) is 0 Å². The molecule has 3 rings (SSSR count). The van der Waals surface area contributed by atoms with Gasteiger partial charge in [0, 0.05) is 31.4 Å². The fourth-order valence-corrected chi connectivity index (χ4v) is 3.20. The van der Waals surface area contributed by atoms with E-state index in [0.717, 1.165) is 30.5 Å². The van der Waals surface area contributed by atoms with Crippen molar-refractivity contribution in [2.45, 2.75) is 40.2 Å². The standard InChI is InChI=1S/C20H27N5S/c1-14-4-6-17(7-5-14)13-21-20(26)24-19-22-16(3)12-18(23-19)25-10-8-15(2)9-11-25/h4-7,12,15H,8-11,13H2,1-3H3,(H2,21,22,23,24,26). The molecule has 0 atom stereocenters. The molecule has 26 heavy (non-hydrogen) atoms. The first-order valence-corrected chi connectivity index (χ1v) is 9.61. The molecule has 0 saturated carbocycles. The molecule has 2 heterocycles. The number of aryl methyl sites for hydroxylation is 2. The van der Waals surface area contributed by atoms with Gasteiger partial charge in [-0.2, -0.15) is 4.98 Å². The maximum absolute atomic E-state index is 5.40. The molecule has 1 aromatic carbocycles. The third-order valence-electron chi connectivity index (χ3n) is 4.75. The van der Waals surface area contributed by atoms with Crippen molar-refractivity contribution < 1.29 is 0 Å². The minimum atomic E-state index is 0.536. The average Bonchev–Trinajstić information content (AvgIpc) is 2.61. The summed E-state index contributed by atoms with van der Waals surface area (Å²) < 4.78 is 0. The molecular weight excluding hydrogens is 342 g/mol. The molecule has 1 saturated heterocycles. The zero-order valence-corrected chi connectivity index (χ0v) is 16.6. The molecule has 0 spiro atoms. The zero-order valence-electron chi connectivity index (χ0n) is 15.7. The van der Waals surface area contributed by atoms with Crippen LogP contribution in [0.5, 0.6) is 0 Å². The van der Waals surface area contributed by atoms with Crippen LogP contribution in [0.3, 0.4) is 0 Å². The molecule has 138 valence electrons. The highest BCUT2D eigenvalue weighted by atomic mass is 32.1. The molecule has 0 aliphatic carbocycles. The number of nitrogens with one attached hydrogen (secondary N) is 2. The van der Waals surface area contributed by atoms with Gasteiger partial charge in [0.05, 0.1) is 0 Å². The fourth-order valence-electron chi connectivity index (χ4n) is 3.04. The summed E-state index contributed by atoms with van der Waals surface area (Å²) in [5.74, 6) is 2.33. The van der Waals surface area contributed by atoms with Crippen LogP contribution in [0.25, 0.3) is 0 Å². The Morgan fingerprint density at radius 2 is 1.85 bits per heavy atom. The number of rotatable bonds is 4. The number of nitrogens with zero attached hydrogens (tertiary/aromatic N) is 3. The van der Waals surface area contributed by atoms with Crippen molar-refractivity contribution in [2.24, 2.45) is 5.92 Å². The van der Waals surface area contributed by atoms with Crippen LogP contribution in [0, 0.1) is 19.8 Å². The molecule has 1 aliphatic heterocycles. The zero-order chi connectivity index (χ0) is 18.5. The van der Waals surface area contributed by atoms with E-state index in [0.29, 0.717) is 17.6 Å². The van der Waals surface area contributed by atoms with E-state index < -0.39 is 0 Å². The van der Waals surface area contributed by atoms with Gasteiger partial charge in [-0.05, 0) is 50.4 Å². The predicted octanol–water partition coefficient (Wildman–Crippen LogP) is 3.82. The van der Waals surface area contributed by atoms with Gasteiger partial charge in [-0.1, -0.05) is 36.8 Å². The van der Waals surface area contributed by atoms with Crippen LogP contribution >= 0.6 is 12.2 Å². The molecule has 6 heteroatoms. The maximum Gasteiger partial charge on any atom is 0.231 e. The van der Waals surface area contributed by atoms with Crippen LogP contribution in [0.4, 0.5) is 11.8 Å². The largest absolute Gasteiger partial charge is 0.358 e. The van der Waals surface area contributed by atoms with E-state index in [1.807, 2.05) is 13.0 Å². The normalized spacial score (nSPS) is 15.0. The van der Waals surface area contributed by atoms with Gasteiger partial charge in [0.2, 0.25) is 5.95 Å². The van der Waals surface area contributed by atoms with Crippen LogP contribution in [0.1, 0.15) is 36.6 Å². The lowest BCUT2D eigenvalue weighted by Gasteiger charge is -2.31. The lowest BCUT2D eigenvalue weighted by molar-refractivity contribution is 0.436. The first kappa shape index (κ1) is 18.6. The van der Waals surface area contributed by atoms with Gasteiger partial charge in [-0.3, -0.25) is 0 Å². The van der Waals surface area contributed by atoms with Gasteiger partial charge < -0.3 is 15.5 Å². The summed E-state index contributed by atoms with van der Waals surface area (Å²) in [5.41, 5.74) is 3.38. The Morgan fingerprint density at radius 3 is 2.54 bits per heavy atom. The van der Waals surface area contributed by atoms with Crippen molar-refractivity contribution in [1.29, 1.82) is 0 Å². The fraction of sp³-hybridized carbons (Fsp3) is 0.450. The molecule has 0 radical (unpaired) electrons. The number of piperidine rings is 1. The van der Waals surface area contributed by atoms with E-state index in [9.17, 15) is 0 Å². The van der Waals surface area contributed by atoms with Crippen molar-refractivity contribution in [3.63, 3.8) is 0 Å². The minimum Gasteiger partial charge on any atom is -0.358 e. The van der Waals surface area contributed by atoms with Crippen molar-refractivity contribution in [1.82, 2.24) is 15.3 Å². The lowest BCUT2D eigenvalue weighted by Crippen LogP contribution is -2.34. The smallest absolute Gasteiger partial charge is 0.231 e. The summed E-state index contributed by atoms with van der Waals surface area (Å²) in [6, 6.07) is 10.4. The Hall–Kier alpha value is -2.21. The summed E-state index contributed by atoms with van der Waals surface area (Å²) in [6.45, 7) is 9.16. The van der Waals surface area contributed by atoms with Gasteiger partial charge in [-0.15, -0.1) is 0 Å². The molecule has 0 unspecified atom stereocenters.